The van der Waals surface area contributed by atoms with Crippen molar-refractivity contribution < 1.29 is 14.6 Å². The van der Waals surface area contributed by atoms with Crippen molar-refractivity contribution in [3.05, 3.63) is 29.8 Å². The number of β-amino-alcohol motifs (C(OH)–C–C–N with tert-alkyl or cyclic N) is 1. The van der Waals surface area contributed by atoms with Crippen molar-refractivity contribution in [2.45, 2.75) is 31.9 Å². The SMILES string of the molecule is Cc1ccc(OCC(O)CN2CCCC2CN2CCOCC2)cc1. The minimum atomic E-state index is -0.448. The molecule has 0 spiro atoms. The molecule has 0 bridgehead atoms. The van der Waals surface area contributed by atoms with Gasteiger partial charge in [-0.15, -0.1) is 0 Å². The fraction of sp³-hybridized carbons (Fsp3) is 0.684. The number of aliphatic hydroxyl groups is 1. The molecule has 2 atom stereocenters. The van der Waals surface area contributed by atoms with Crippen LogP contribution in [0, 0.1) is 6.92 Å². The summed E-state index contributed by atoms with van der Waals surface area (Å²) in [6.45, 7) is 9.03. The molecule has 2 fully saturated rings. The summed E-state index contributed by atoms with van der Waals surface area (Å²) < 4.78 is 11.1. The van der Waals surface area contributed by atoms with Gasteiger partial charge in [-0.05, 0) is 38.4 Å². The Morgan fingerprint density at radius 1 is 1.21 bits per heavy atom. The maximum atomic E-state index is 10.3. The van der Waals surface area contributed by atoms with Crippen LogP contribution >= 0.6 is 0 Å². The van der Waals surface area contributed by atoms with E-state index in [2.05, 4.69) is 16.7 Å². The first-order valence-electron chi connectivity index (χ1n) is 9.12. The van der Waals surface area contributed by atoms with Crippen LogP contribution in [0.2, 0.25) is 0 Å². The highest BCUT2D eigenvalue weighted by Gasteiger charge is 2.28. The summed E-state index contributed by atoms with van der Waals surface area (Å²) in [5.74, 6) is 0.825. The molecule has 0 amide bonds. The summed E-state index contributed by atoms with van der Waals surface area (Å²) in [5, 5.41) is 10.3. The number of ether oxygens (including phenoxy) is 2. The lowest BCUT2D eigenvalue weighted by Gasteiger charge is -2.33. The van der Waals surface area contributed by atoms with Gasteiger partial charge in [-0.25, -0.2) is 0 Å². The van der Waals surface area contributed by atoms with Crippen LogP contribution in [0.4, 0.5) is 0 Å². The van der Waals surface area contributed by atoms with Crippen LogP contribution < -0.4 is 4.74 Å². The maximum absolute atomic E-state index is 10.3. The van der Waals surface area contributed by atoms with E-state index < -0.39 is 6.10 Å². The minimum Gasteiger partial charge on any atom is -0.491 e. The first-order chi connectivity index (χ1) is 11.7. The number of rotatable bonds is 7. The summed E-state index contributed by atoms with van der Waals surface area (Å²) in [4.78, 5) is 4.92. The topological polar surface area (TPSA) is 45.2 Å². The van der Waals surface area contributed by atoms with E-state index in [-0.39, 0.29) is 0 Å². The second-order valence-corrected chi connectivity index (χ2v) is 6.98. The summed E-state index contributed by atoms with van der Waals surface area (Å²) >= 11 is 0. The van der Waals surface area contributed by atoms with Crippen LogP contribution in [0.25, 0.3) is 0 Å². The van der Waals surface area contributed by atoms with E-state index in [1.54, 1.807) is 0 Å². The molecule has 5 heteroatoms. The van der Waals surface area contributed by atoms with Gasteiger partial charge in [-0.1, -0.05) is 17.7 Å². The van der Waals surface area contributed by atoms with Crippen molar-refractivity contribution in [2.75, 3.05) is 52.5 Å². The van der Waals surface area contributed by atoms with Gasteiger partial charge >= 0.3 is 0 Å². The molecule has 2 aliphatic rings. The summed E-state index contributed by atoms with van der Waals surface area (Å²) in [7, 11) is 0. The first-order valence-corrected chi connectivity index (χ1v) is 9.12. The van der Waals surface area contributed by atoms with E-state index in [4.69, 9.17) is 9.47 Å². The molecule has 1 aromatic carbocycles. The van der Waals surface area contributed by atoms with Crippen LogP contribution in [0.3, 0.4) is 0 Å². The Kier molecular flexibility index (Phi) is 6.49. The average molecular weight is 334 g/mol. The lowest BCUT2D eigenvalue weighted by molar-refractivity contribution is 0.0182. The Hall–Kier alpha value is -1.14. The van der Waals surface area contributed by atoms with Crippen molar-refractivity contribution in [1.29, 1.82) is 0 Å². The van der Waals surface area contributed by atoms with Gasteiger partial charge in [0.25, 0.3) is 0 Å². The first kappa shape index (κ1) is 17.7. The zero-order chi connectivity index (χ0) is 16.8. The zero-order valence-electron chi connectivity index (χ0n) is 14.7. The highest BCUT2D eigenvalue weighted by atomic mass is 16.5. The molecular weight excluding hydrogens is 304 g/mol. The minimum absolute atomic E-state index is 0.351. The number of benzene rings is 1. The van der Waals surface area contributed by atoms with Crippen LogP contribution in [-0.4, -0.2) is 79.6 Å². The maximum Gasteiger partial charge on any atom is 0.119 e. The Bertz CT molecular complexity index is 488. The molecule has 134 valence electrons. The highest BCUT2D eigenvalue weighted by Crippen LogP contribution is 2.19. The Morgan fingerprint density at radius 3 is 2.71 bits per heavy atom. The number of likely N-dealkylation sites (tertiary alicyclic amines) is 1. The molecule has 0 aromatic heterocycles. The predicted molar refractivity (Wildman–Crippen MR) is 94.5 cm³/mol. The van der Waals surface area contributed by atoms with E-state index in [0.29, 0.717) is 19.2 Å². The number of aliphatic hydroxyl groups excluding tert-OH is 1. The number of morpholine rings is 1. The number of hydrogen-bond donors (Lipinski definition) is 1. The molecule has 1 aromatic rings. The number of nitrogens with zero attached hydrogens (tertiary/aromatic N) is 2. The lowest BCUT2D eigenvalue weighted by Crippen LogP contribution is -2.47. The standard InChI is InChI=1S/C19H30N2O3/c1-16-4-6-19(7-5-16)24-15-18(22)14-21-8-2-3-17(21)13-20-9-11-23-12-10-20/h4-7,17-18,22H,2-3,8-15H2,1H3. The number of hydrogen-bond acceptors (Lipinski definition) is 5. The lowest BCUT2D eigenvalue weighted by atomic mass is 10.2. The molecule has 0 saturated carbocycles. The van der Waals surface area contributed by atoms with Gasteiger partial charge in [-0.2, -0.15) is 0 Å². The monoisotopic (exact) mass is 334 g/mol. The molecule has 3 rings (SSSR count). The van der Waals surface area contributed by atoms with E-state index >= 15 is 0 Å². The highest BCUT2D eigenvalue weighted by molar-refractivity contribution is 5.26. The van der Waals surface area contributed by atoms with Gasteiger partial charge in [0.05, 0.1) is 13.2 Å². The third-order valence-corrected chi connectivity index (χ3v) is 4.98. The fourth-order valence-electron chi connectivity index (χ4n) is 3.57. The molecule has 2 heterocycles. The smallest absolute Gasteiger partial charge is 0.119 e. The summed E-state index contributed by atoms with van der Waals surface area (Å²) in [5.41, 5.74) is 1.21. The van der Waals surface area contributed by atoms with E-state index in [9.17, 15) is 5.11 Å². The van der Waals surface area contributed by atoms with Crippen molar-refractivity contribution in [1.82, 2.24) is 9.80 Å². The molecular formula is C19H30N2O3. The third kappa shape index (κ3) is 5.18. The van der Waals surface area contributed by atoms with E-state index in [1.165, 1.54) is 18.4 Å². The molecule has 1 N–H and O–H groups in total. The van der Waals surface area contributed by atoms with E-state index in [1.807, 2.05) is 24.3 Å². The summed E-state index contributed by atoms with van der Waals surface area (Å²) in [6, 6.07) is 8.52. The molecule has 24 heavy (non-hydrogen) atoms. The zero-order valence-corrected chi connectivity index (χ0v) is 14.7. The normalized spacial score (nSPS) is 24.2. The summed E-state index contributed by atoms with van der Waals surface area (Å²) in [6.07, 6.45) is 2.00. The van der Waals surface area contributed by atoms with Crippen molar-refractivity contribution in [3.63, 3.8) is 0 Å². The number of aryl methyl sites for hydroxylation is 1. The van der Waals surface area contributed by atoms with Crippen molar-refractivity contribution in [2.24, 2.45) is 0 Å². The van der Waals surface area contributed by atoms with Gasteiger partial charge in [0, 0.05) is 32.2 Å². The van der Waals surface area contributed by atoms with Crippen LogP contribution in [0.15, 0.2) is 24.3 Å². The van der Waals surface area contributed by atoms with Crippen LogP contribution in [-0.2, 0) is 4.74 Å². The van der Waals surface area contributed by atoms with Gasteiger partial charge in [0.1, 0.15) is 18.5 Å². The molecule has 2 saturated heterocycles. The third-order valence-electron chi connectivity index (χ3n) is 4.98. The van der Waals surface area contributed by atoms with Crippen molar-refractivity contribution in [3.8, 4) is 5.75 Å². The molecule has 5 nitrogen and oxygen atoms in total. The van der Waals surface area contributed by atoms with Gasteiger partial charge in [0.15, 0.2) is 0 Å². The second kappa shape index (κ2) is 8.81. The van der Waals surface area contributed by atoms with Gasteiger partial charge in [0.2, 0.25) is 0 Å². The Balaban J connectivity index is 1.42. The quantitative estimate of drug-likeness (QED) is 0.819. The Labute approximate surface area is 145 Å². The van der Waals surface area contributed by atoms with Crippen LogP contribution in [0.5, 0.6) is 5.75 Å². The van der Waals surface area contributed by atoms with Gasteiger partial charge in [-0.3, -0.25) is 9.80 Å². The second-order valence-electron chi connectivity index (χ2n) is 6.98. The Morgan fingerprint density at radius 2 is 1.96 bits per heavy atom. The van der Waals surface area contributed by atoms with E-state index in [0.717, 1.165) is 45.1 Å². The molecule has 2 aliphatic heterocycles. The largest absolute Gasteiger partial charge is 0.491 e. The van der Waals surface area contributed by atoms with Gasteiger partial charge < -0.3 is 14.6 Å². The molecule has 0 radical (unpaired) electrons. The fourth-order valence-corrected chi connectivity index (χ4v) is 3.57. The predicted octanol–water partition coefficient (Wildman–Crippen LogP) is 1.53. The van der Waals surface area contributed by atoms with Crippen molar-refractivity contribution >= 4 is 0 Å². The van der Waals surface area contributed by atoms with Crippen LogP contribution in [0.1, 0.15) is 18.4 Å². The molecule has 2 unspecified atom stereocenters. The molecule has 0 aliphatic carbocycles. The average Bonchev–Trinajstić information content (AvgIpc) is 3.02.